The minimum Gasteiger partial charge on any atom is -0.482 e. The Morgan fingerprint density at radius 3 is 2.63 bits per heavy atom. The third kappa shape index (κ3) is 3.75. The van der Waals surface area contributed by atoms with Crippen LogP contribution in [0.4, 0.5) is 5.69 Å². The SMILES string of the molecule is O=C(COc1ccccc1Cl)NC(=S)Nc1ccc2c3c(cccc13)CC2. The minimum absolute atomic E-state index is 0.171. The summed E-state index contributed by atoms with van der Waals surface area (Å²) < 4.78 is 5.43. The Labute approximate surface area is 167 Å². The Balaban J connectivity index is 1.41. The van der Waals surface area contributed by atoms with E-state index >= 15 is 0 Å². The van der Waals surface area contributed by atoms with Crippen LogP contribution in [0.25, 0.3) is 10.8 Å². The van der Waals surface area contributed by atoms with Crippen LogP contribution >= 0.6 is 23.8 Å². The molecule has 0 saturated heterocycles. The van der Waals surface area contributed by atoms with E-state index in [1.54, 1.807) is 24.3 Å². The molecular formula is C21H17ClN2O2S. The van der Waals surface area contributed by atoms with Crippen molar-refractivity contribution >= 4 is 51.3 Å². The molecule has 0 radical (unpaired) electrons. The Hall–Kier alpha value is -2.63. The van der Waals surface area contributed by atoms with E-state index in [1.165, 1.54) is 16.5 Å². The summed E-state index contributed by atoms with van der Waals surface area (Å²) >= 11 is 11.3. The van der Waals surface area contributed by atoms with E-state index in [2.05, 4.69) is 34.9 Å². The van der Waals surface area contributed by atoms with Gasteiger partial charge in [0.05, 0.1) is 5.02 Å². The quantitative estimate of drug-likeness (QED) is 0.638. The van der Waals surface area contributed by atoms with Crippen molar-refractivity contribution in [1.29, 1.82) is 0 Å². The van der Waals surface area contributed by atoms with Crippen molar-refractivity contribution in [1.82, 2.24) is 5.32 Å². The molecule has 0 heterocycles. The predicted octanol–water partition coefficient (Wildman–Crippen LogP) is 4.48. The van der Waals surface area contributed by atoms with Gasteiger partial charge in [-0.3, -0.25) is 10.1 Å². The molecule has 2 N–H and O–H groups in total. The van der Waals surface area contributed by atoms with Gasteiger partial charge in [0.15, 0.2) is 11.7 Å². The second-order valence-corrected chi connectivity index (χ2v) is 7.15. The highest BCUT2D eigenvalue weighted by molar-refractivity contribution is 7.80. The molecule has 1 amide bonds. The fourth-order valence-electron chi connectivity index (χ4n) is 3.38. The molecule has 4 rings (SSSR count). The molecule has 0 atom stereocenters. The first-order valence-electron chi connectivity index (χ1n) is 8.63. The smallest absolute Gasteiger partial charge is 0.264 e. The van der Waals surface area contributed by atoms with E-state index in [-0.39, 0.29) is 17.6 Å². The van der Waals surface area contributed by atoms with Crippen LogP contribution in [0, 0.1) is 0 Å². The summed E-state index contributed by atoms with van der Waals surface area (Å²) in [4.78, 5) is 12.1. The van der Waals surface area contributed by atoms with Crippen molar-refractivity contribution in [3.63, 3.8) is 0 Å². The van der Waals surface area contributed by atoms with Crippen LogP contribution in [0.15, 0.2) is 54.6 Å². The van der Waals surface area contributed by atoms with Crippen LogP contribution < -0.4 is 15.4 Å². The number of rotatable bonds is 4. The molecule has 0 unspecified atom stereocenters. The Kier molecular flexibility index (Phi) is 4.97. The number of halogens is 1. The van der Waals surface area contributed by atoms with E-state index in [9.17, 15) is 4.79 Å². The number of benzene rings is 3. The number of nitrogens with one attached hydrogen (secondary N) is 2. The number of hydrogen-bond acceptors (Lipinski definition) is 3. The van der Waals surface area contributed by atoms with Crippen LogP contribution in [-0.4, -0.2) is 17.6 Å². The molecule has 0 aromatic heterocycles. The highest BCUT2D eigenvalue weighted by Crippen LogP contribution is 2.34. The van der Waals surface area contributed by atoms with Gasteiger partial charge in [-0.05, 0) is 59.8 Å². The normalized spacial score (nSPS) is 12.0. The predicted molar refractivity (Wildman–Crippen MR) is 113 cm³/mol. The molecule has 136 valence electrons. The minimum atomic E-state index is -0.349. The average Bonchev–Trinajstić information content (AvgIpc) is 3.08. The van der Waals surface area contributed by atoms with Gasteiger partial charge in [-0.2, -0.15) is 0 Å². The number of thiocarbonyl (C=S) groups is 1. The molecule has 3 aromatic carbocycles. The second kappa shape index (κ2) is 7.55. The fourth-order valence-corrected chi connectivity index (χ4v) is 3.79. The molecule has 3 aromatic rings. The van der Waals surface area contributed by atoms with Gasteiger partial charge >= 0.3 is 0 Å². The van der Waals surface area contributed by atoms with Crippen molar-refractivity contribution in [2.45, 2.75) is 12.8 Å². The molecule has 1 aliphatic rings. The maximum atomic E-state index is 12.1. The molecule has 0 fully saturated rings. The molecule has 1 aliphatic carbocycles. The maximum absolute atomic E-state index is 12.1. The number of ether oxygens (including phenoxy) is 1. The fraction of sp³-hybridized carbons (Fsp3) is 0.143. The van der Waals surface area contributed by atoms with Gasteiger partial charge < -0.3 is 10.1 Å². The van der Waals surface area contributed by atoms with E-state index in [0.29, 0.717) is 10.8 Å². The summed E-state index contributed by atoms with van der Waals surface area (Å²) in [6, 6.07) is 17.4. The van der Waals surface area contributed by atoms with Gasteiger partial charge in [-0.1, -0.05) is 48.0 Å². The summed E-state index contributed by atoms with van der Waals surface area (Å²) in [5.41, 5.74) is 3.60. The first-order valence-corrected chi connectivity index (χ1v) is 9.42. The van der Waals surface area contributed by atoms with Gasteiger partial charge in [0.1, 0.15) is 5.75 Å². The van der Waals surface area contributed by atoms with Crippen molar-refractivity contribution in [3.8, 4) is 5.75 Å². The molecule has 0 aliphatic heterocycles. The molecule has 0 spiro atoms. The zero-order valence-electron chi connectivity index (χ0n) is 14.4. The lowest BCUT2D eigenvalue weighted by atomic mass is 10.0. The van der Waals surface area contributed by atoms with Crippen LogP contribution in [0.2, 0.25) is 5.02 Å². The highest BCUT2D eigenvalue weighted by atomic mass is 35.5. The van der Waals surface area contributed by atoms with Crippen molar-refractivity contribution in [3.05, 3.63) is 70.7 Å². The lowest BCUT2D eigenvalue weighted by molar-refractivity contribution is -0.121. The Morgan fingerprint density at radius 2 is 1.81 bits per heavy atom. The molecule has 27 heavy (non-hydrogen) atoms. The lowest BCUT2D eigenvalue weighted by Gasteiger charge is -2.13. The number of carbonyl (C=O) groups excluding carboxylic acids is 1. The number of para-hydroxylation sites is 1. The van der Waals surface area contributed by atoms with Crippen molar-refractivity contribution < 1.29 is 9.53 Å². The second-order valence-electron chi connectivity index (χ2n) is 6.33. The topological polar surface area (TPSA) is 50.4 Å². The zero-order valence-corrected chi connectivity index (χ0v) is 16.0. The van der Waals surface area contributed by atoms with E-state index in [0.717, 1.165) is 23.9 Å². The first-order chi connectivity index (χ1) is 13.1. The molecule has 4 nitrogen and oxygen atoms in total. The van der Waals surface area contributed by atoms with Crippen LogP contribution in [0.1, 0.15) is 11.1 Å². The third-order valence-corrected chi connectivity index (χ3v) is 5.09. The maximum Gasteiger partial charge on any atom is 0.264 e. The number of aryl methyl sites for hydroxylation is 2. The number of carbonyl (C=O) groups is 1. The molecular weight excluding hydrogens is 380 g/mol. The van der Waals surface area contributed by atoms with E-state index in [4.69, 9.17) is 28.6 Å². The largest absolute Gasteiger partial charge is 0.482 e. The van der Waals surface area contributed by atoms with Crippen molar-refractivity contribution in [2.24, 2.45) is 0 Å². The van der Waals surface area contributed by atoms with Gasteiger partial charge in [-0.15, -0.1) is 0 Å². The standard InChI is InChI=1S/C21H17ClN2O2S/c22-16-6-1-2-7-18(16)26-12-19(25)24-21(27)23-17-11-10-14-9-8-13-4-3-5-15(17)20(13)14/h1-7,10-11H,8-9,12H2,(H2,23,24,25,27). The van der Waals surface area contributed by atoms with E-state index < -0.39 is 0 Å². The van der Waals surface area contributed by atoms with E-state index in [1.807, 2.05) is 6.07 Å². The number of amides is 1. The zero-order chi connectivity index (χ0) is 18.8. The first kappa shape index (κ1) is 17.8. The molecule has 0 saturated carbocycles. The summed E-state index contributed by atoms with van der Waals surface area (Å²) in [6.45, 7) is -0.171. The summed E-state index contributed by atoms with van der Waals surface area (Å²) in [6.07, 6.45) is 2.13. The summed E-state index contributed by atoms with van der Waals surface area (Å²) in [5.74, 6) is 0.110. The molecule has 0 bridgehead atoms. The third-order valence-electron chi connectivity index (χ3n) is 4.57. The average molecular weight is 397 g/mol. The monoisotopic (exact) mass is 396 g/mol. The van der Waals surface area contributed by atoms with Crippen LogP contribution in [-0.2, 0) is 17.6 Å². The Bertz CT molecular complexity index is 1040. The summed E-state index contributed by atoms with van der Waals surface area (Å²) in [7, 11) is 0. The number of hydrogen-bond donors (Lipinski definition) is 2. The van der Waals surface area contributed by atoms with Gasteiger partial charge in [0, 0.05) is 11.1 Å². The van der Waals surface area contributed by atoms with Gasteiger partial charge in [-0.25, -0.2) is 0 Å². The highest BCUT2D eigenvalue weighted by Gasteiger charge is 2.16. The van der Waals surface area contributed by atoms with Crippen LogP contribution in [0.3, 0.4) is 0 Å². The summed E-state index contributed by atoms with van der Waals surface area (Å²) in [5, 5.41) is 8.87. The van der Waals surface area contributed by atoms with Crippen LogP contribution in [0.5, 0.6) is 5.75 Å². The van der Waals surface area contributed by atoms with Gasteiger partial charge in [0.25, 0.3) is 5.91 Å². The van der Waals surface area contributed by atoms with Gasteiger partial charge in [0.2, 0.25) is 0 Å². The Morgan fingerprint density at radius 1 is 1.04 bits per heavy atom. The number of anilines is 1. The molecule has 6 heteroatoms. The lowest BCUT2D eigenvalue weighted by Crippen LogP contribution is -2.37. The van der Waals surface area contributed by atoms with Crippen molar-refractivity contribution in [2.75, 3.05) is 11.9 Å².